The molecule has 0 radical (unpaired) electrons. The van der Waals surface area contributed by atoms with E-state index >= 15 is 0 Å². The summed E-state index contributed by atoms with van der Waals surface area (Å²) in [7, 11) is 1.85. The number of nitrogens with zero attached hydrogens (tertiary/aromatic N) is 8. The highest BCUT2D eigenvalue weighted by Crippen LogP contribution is 2.36. The number of hydrogen-bond donors (Lipinski definition) is 1. The van der Waals surface area contributed by atoms with Gasteiger partial charge in [-0.2, -0.15) is 14.9 Å². The minimum Gasteiger partial charge on any atom is -0.443 e. The van der Waals surface area contributed by atoms with Crippen LogP contribution in [-0.4, -0.2) is 34.3 Å². The molecule has 0 aliphatic rings. The quantitative estimate of drug-likeness (QED) is 0.487. The molecule has 0 aliphatic carbocycles. The molecule has 0 aliphatic heterocycles. The lowest BCUT2D eigenvalue weighted by Gasteiger charge is -2.10. The molecule has 10 nitrogen and oxygen atoms in total. The number of aromatic nitrogens is 7. The van der Waals surface area contributed by atoms with Gasteiger partial charge in [-0.05, 0) is 12.1 Å². The summed E-state index contributed by atoms with van der Waals surface area (Å²) in [6.07, 6.45) is 5.19. The normalized spacial score (nSPS) is 11.1. The smallest absolute Gasteiger partial charge is 0.223 e. The summed E-state index contributed by atoms with van der Waals surface area (Å²) >= 11 is 0. The summed E-state index contributed by atoms with van der Waals surface area (Å²) in [5, 5.41) is 18.4. The van der Waals surface area contributed by atoms with Gasteiger partial charge in [0.2, 0.25) is 5.95 Å². The van der Waals surface area contributed by atoms with Crippen LogP contribution < -0.4 is 5.73 Å². The molecule has 146 valence electrons. The molecule has 4 aromatic heterocycles. The summed E-state index contributed by atoms with van der Waals surface area (Å²) < 4.78 is 8.75. The van der Waals surface area contributed by atoms with Crippen LogP contribution in [-0.2, 0) is 13.5 Å². The Morgan fingerprint density at radius 1 is 1.17 bits per heavy atom. The number of nitriles is 1. The van der Waals surface area contributed by atoms with Crippen LogP contribution in [0.2, 0.25) is 0 Å². The number of nitrogens with two attached hydrogens (primary N) is 1. The standard InChI is InChI=1S/C20H15N9O/c1-28-7-6-13(26-28)8-16-24-19-17(15-10-23-11-30-15)18(25-20(22)29(19)27-16)14-5-3-2-4-12(14)9-21/h2-7,10-11H,8H2,1H3,(H2,22,25). The fraction of sp³-hybridized carbons (Fsp3) is 0.100. The molecule has 1 aromatic carbocycles. The van der Waals surface area contributed by atoms with Gasteiger partial charge in [-0.1, -0.05) is 18.2 Å². The highest BCUT2D eigenvalue weighted by molar-refractivity contribution is 5.90. The van der Waals surface area contributed by atoms with Crippen LogP contribution in [0.4, 0.5) is 5.95 Å². The van der Waals surface area contributed by atoms with E-state index in [-0.39, 0.29) is 5.95 Å². The van der Waals surface area contributed by atoms with E-state index in [1.54, 1.807) is 23.0 Å². The molecular formula is C20H15N9O. The Labute approximate surface area is 170 Å². The second-order valence-electron chi connectivity index (χ2n) is 6.64. The van der Waals surface area contributed by atoms with Crippen molar-refractivity contribution in [2.24, 2.45) is 7.05 Å². The Morgan fingerprint density at radius 3 is 2.77 bits per heavy atom. The highest BCUT2D eigenvalue weighted by atomic mass is 16.3. The number of fused-ring (bicyclic) bond motifs is 1. The van der Waals surface area contributed by atoms with E-state index in [9.17, 15) is 5.26 Å². The molecule has 5 aromatic rings. The average Bonchev–Trinajstić information content (AvgIpc) is 3.50. The van der Waals surface area contributed by atoms with E-state index in [0.717, 1.165) is 5.69 Å². The summed E-state index contributed by atoms with van der Waals surface area (Å²) in [5.74, 6) is 1.14. The van der Waals surface area contributed by atoms with Crippen molar-refractivity contribution in [3.8, 4) is 28.7 Å². The Bertz CT molecular complexity index is 1410. The van der Waals surface area contributed by atoms with E-state index in [1.807, 2.05) is 31.4 Å². The van der Waals surface area contributed by atoms with Gasteiger partial charge in [-0.15, -0.1) is 5.10 Å². The Morgan fingerprint density at radius 2 is 2.03 bits per heavy atom. The maximum Gasteiger partial charge on any atom is 0.223 e. The third-order valence-corrected chi connectivity index (χ3v) is 4.64. The van der Waals surface area contributed by atoms with Crippen LogP contribution in [0.3, 0.4) is 0 Å². The molecule has 0 amide bonds. The van der Waals surface area contributed by atoms with Gasteiger partial charge < -0.3 is 10.2 Å². The van der Waals surface area contributed by atoms with Crippen LogP contribution in [0.25, 0.3) is 28.2 Å². The van der Waals surface area contributed by atoms with Crippen molar-refractivity contribution < 1.29 is 4.42 Å². The first-order valence-corrected chi connectivity index (χ1v) is 9.06. The lowest BCUT2D eigenvalue weighted by Crippen LogP contribution is -2.06. The van der Waals surface area contributed by atoms with Crippen molar-refractivity contribution in [2.75, 3.05) is 5.73 Å². The number of nitrogen functional groups attached to an aromatic ring is 1. The highest BCUT2D eigenvalue weighted by Gasteiger charge is 2.23. The van der Waals surface area contributed by atoms with E-state index in [1.165, 1.54) is 10.9 Å². The summed E-state index contributed by atoms with van der Waals surface area (Å²) in [6, 6.07) is 11.2. The number of anilines is 1. The van der Waals surface area contributed by atoms with Gasteiger partial charge >= 0.3 is 0 Å². The molecule has 0 unspecified atom stereocenters. The number of oxazole rings is 1. The monoisotopic (exact) mass is 397 g/mol. The van der Waals surface area contributed by atoms with Gasteiger partial charge in [-0.25, -0.2) is 15.0 Å². The third kappa shape index (κ3) is 2.85. The van der Waals surface area contributed by atoms with Crippen LogP contribution in [0.15, 0.2) is 53.5 Å². The summed E-state index contributed by atoms with van der Waals surface area (Å²) in [4.78, 5) is 13.2. The van der Waals surface area contributed by atoms with E-state index in [0.29, 0.717) is 46.0 Å². The van der Waals surface area contributed by atoms with Crippen LogP contribution in [0.1, 0.15) is 17.1 Å². The molecule has 2 N–H and O–H groups in total. The van der Waals surface area contributed by atoms with E-state index in [2.05, 4.69) is 31.2 Å². The predicted octanol–water partition coefficient (Wildman–Crippen LogP) is 2.22. The molecule has 4 heterocycles. The Kier molecular flexibility index (Phi) is 4.00. The maximum atomic E-state index is 9.57. The van der Waals surface area contributed by atoms with Crippen molar-refractivity contribution in [1.82, 2.24) is 34.3 Å². The zero-order valence-electron chi connectivity index (χ0n) is 15.9. The zero-order valence-corrected chi connectivity index (χ0v) is 15.9. The van der Waals surface area contributed by atoms with E-state index in [4.69, 9.17) is 10.2 Å². The molecule has 0 atom stereocenters. The number of aryl methyl sites for hydroxylation is 1. The van der Waals surface area contributed by atoms with Gasteiger partial charge in [0.05, 0.1) is 41.2 Å². The number of rotatable bonds is 4. The minimum atomic E-state index is 0.149. The molecule has 0 bridgehead atoms. The van der Waals surface area contributed by atoms with Crippen molar-refractivity contribution >= 4 is 11.6 Å². The van der Waals surface area contributed by atoms with Gasteiger partial charge in [0.15, 0.2) is 23.6 Å². The molecule has 0 fully saturated rings. The summed E-state index contributed by atoms with van der Waals surface area (Å²) in [5.41, 5.74) is 9.63. The first-order valence-electron chi connectivity index (χ1n) is 9.06. The van der Waals surface area contributed by atoms with Gasteiger partial charge in [0.1, 0.15) is 0 Å². The van der Waals surface area contributed by atoms with Crippen LogP contribution >= 0.6 is 0 Å². The second-order valence-corrected chi connectivity index (χ2v) is 6.64. The molecule has 30 heavy (non-hydrogen) atoms. The first-order chi connectivity index (χ1) is 14.6. The summed E-state index contributed by atoms with van der Waals surface area (Å²) in [6.45, 7) is 0. The van der Waals surface area contributed by atoms with Gasteiger partial charge in [0, 0.05) is 18.8 Å². The SMILES string of the molecule is Cn1ccc(Cc2nc3c(-c4cnco4)c(-c4ccccc4C#N)nc(N)n3n2)n1. The van der Waals surface area contributed by atoms with Crippen molar-refractivity contribution in [3.63, 3.8) is 0 Å². The van der Waals surface area contributed by atoms with Crippen LogP contribution in [0.5, 0.6) is 0 Å². The topological polar surface area (TPSA) is 137 Å². The third-order valence-electron chi connectivity index (χ3n) is 4.64. The van der Waals surface area contributed by atoms with E-state index < -0.39 is 0 Å². The average molecular weight is 397 g/mol. The largest absolute Gasteiger partial charge is 0.443 e. The lowest BCUT2D eigenvalue weighted by molar-refractivity contribution is 0.572. The van der Waals surface area contributed by atoms with Crippen LogP contribution in [0, 0.1) is 11.3 Å². The molecule has 5 rings (SSSR count). The number of benzene rings is 1. The Balaban J connectivity index is 1.77. The maximum absolute atomic E-state index is 9.57. The van der Waals surface area contributed by atoms with Gasteiger partial charge in [-0.3, -0.25) is 4.68 Å². The minimum absolute atomic E-state index is 0.149. The fourth-order valence-corrected chi connectivity index (χ4v) is 3.34. The van der Waals surface area contributed by atoms with Crippen molar-refractivity contribution in [3.05, 3.63) is 66.2 Å². The van der Waals surface area contributed by atoms with Gasteiger partial charge in [0.25, 0.3) is 0 Å². The number of hydrogen-bond acceptors (Lipinski definition) is 8. The first kappa shape index (κ1) is 17.6. The molecule has 10 heteroatoms. The second kappa shape index (κ2) is 6.82. The fourth-order valence-electron chi connectivity index (χ4n) is 3.34. The predicted molar refractivity (Wildman–Crippen MR) is 107 cm³/mol. The van der Waals surface area contributed by atoms with Crippen molar-refractivity contribution in [1.29, 1.82) is 5.26 Å². The lowest BCUT2D eigenvalue weighted by atomic mass is 10.0. The van der Waals surface area contributed by atoms with Crippen molar-refractivity contribution in [2.45, 2.75) is 6.42 Å². The molecule has 0 saturated heterocycles. The molecule has 0 saturated carbocycles. The molecule has 0 spiro atoms. The Hall–Kier alpha value is -4.52. The molecular weight excluding hydrogens is 382 g/mol. The zero-order chi connectivity index (χ0) is 20.7.